The van der Waals surface area contributed by atoms with Gasteiger partial charge in [0.1, 0.15) is 0 Å². The van der Waals surface area contributed by atoms with Crippen LogP contribution in [-0.2, 0) is 20.1 Å². The average molecular weight is 1050 g/mol. The molecule has 62 heavy (non-hydrogen) atoms. The van der Waals surface area contributed by atoms with E-state index in [1.54, 1.807) is 45.3 Å². The second-order valence-corrected chi connectivity index (χ2v) is 17.4. The van der Waals surface area contributed by atoms with E-state index in [2.05, 4.69) is 147 Å². The zero-order valence-corrected chi connectivity index (χ0v) is 39.0. The number of rotatable bonds is 4. The first kappa shape index (κ1) is 42.7. The maximum Gasteiger partial charge on any atom is 0.0882 e. The molecule has 9 heteroatoms. The summed E-state index contributed by atoms with van der Waals surface area (Å²) in [6, 6.07) is 58.1. The summed E-state index contributed by atoms with van der Waals surface area (Å²) in [6.45, 7) is 2.13. The summed E-state index contributed by atoms with van der Waals surface area (Å²) < 4.78 is 0. The largest absolute Gasteiger partial charge is 0.318 e. The number of thiophene rings is 4. The maximum absolute atomic E-state index is 4.52. The van der Waals surface area contributed by atoms with E-state index in [-0.39, 0.29) is 20.1 Å². The molecule has 0 amide bonds. The third-order valence-corrected chi connectivity index (χ3v) is 13.4. The number of hydrogen-bond donors (Lipinski definition) is 0. The van der Waals surface area contributed by atoms with Gasteiger partial charge in [-0.3, -0.25) is 9.97 Å². The van der Waals surface area contributed by atoms with Crippen LogP contribution in [-0.4, -0.2) is 19.9 Å². The second kappa shape index (κ2) is 20.7. The SMILES string of the molecule is Cc1ccsc1-c1nccc2ccccc12.[Ir].[c-]1ccsc1-c1nccc2ccccc12.[c-]1ccsc1-c1nccc2ccccc12.c1csc(-c2nccc3ccccc23)c1. The summed E-state index contributed by atoms with van der Waals surface area (Å²) in [4.78, 5) is 22.5. The van der Waals surface area contributed by atoms with Crippen LogP contribution in [0, 0.1) is 19.1 Å². The molecule has 4 nitrogen and oxygen atoms in total. The van der Waals surface area contributed by atoms with Crippen LogP contribution in [0.5, 0.6) is 0 Å². The smallest absolute Gasteiger partial charge is 0.0882 e. The van der Waals surface area contributed by atoms with Gasteiger partial charge in [-0.05, 0) is 103 Å². The Morgan fingerprint density at radius 1 is 0.371 bits per heavy atom. The van der Waals surface area contributed by atoms with E-state index in [1.165, 1.54) is 58.4 Å². The van der Waals surface area contributed by atoms with Crippen molar-refractivity contribution in [2.24, 2.45) is 0 Å². The van der Waals surface area contributed by atoms with Gasteiger partial charge in [-0.2, -0.15) is 24.3 Å². The summed E-state index contributed by atoms with van der Waals surface area (Å²) in [7, 11) is 0. The number of hydrogen-bond acceptors (Lipinski definition) is 8. The van der Waals surface area contributed by atoms with Gasteiger partial charge in [0, 0.05) is 55.7 Å². The van der Waals surface area contributed by atoms with Crippen LogP contribution in [0.3, 0.4) is 0 Å². The zero-order chi connectivity index (χ0) is 41.2. The summed E-state index contributed by atoms with van der Waals surface area (Å²) in [5.41, 5.74) is 5.55. The minimum atomic E-state index is 0. The van der Waals surface area contributed by atoms with Crippen molar-refractivity contribution in [2.45, 2.75) is 6.92 Å². The van der Waals surface area contributed by atoms with Crippen molar-refractivity contribution in [3.8, 4) is 42.3 Å². The first-order valence-electron chi connectivity index (χ1n) is 19.6. The van der Waals surface area contributed by atoms with Crippen LogP contribution in [0.2, 0.25) is 0 Å². The number of aromatic nitrogens is 4. The van der Waals surface area contributed by atoms with Crippen molar-refractivity contribution in [2.75, 3.05) is 0 Å². The fourth-order valence-corrected chi connectivity index (χ4v) is 10.0. The van der Waals surface area contributed by atoms with Crippen molar-refractivity contribution >= 4 is 88.4 Å². The van der Waals surface area contributed by atoms with Crippen LogP contribution in [0.15, 0.2) is 198 Å². The quantitative estimate of drug-likeness (QED) is 0.165. The average Bonchev–Trinajstić information content (AvgIpc) is 4.19. The van der Waals surface area contributed by atoms with Gasteiger partial charge in [0.05, 0.1) is 21.1 Å². The first-order valence-corrected chi connectivity index (χ1v) is 23.1. The van der Waals surface area contributed by atoms with Gasteiger partial charge < -0.3 is 9.97 Å². The molecule has 0 fully saturated rings. The maximum atomic E-state index is 4.52. The van der Waals surface area contributed by atoms with Crippen LogP contribution in [0.25, 0.3) is 85.4 Å². The van der Waals surface area contributed by atoms with Crippen LogP contribution in [0.4, 0.5) is 0 Å². The van der Waals surface area contributed by atoms with Crippen LogP contribution < -0.4 is 0 Å². The van der Waals surface area contributed by atoms with E-state index in [0.29, 0.717) is 0 Å². The fourth-order valence-electron chi connectivity index (χ4n) is 6.99. The van der Waals surface area contributed by atoms with Crippen LogP contribution in [0.1, 0.15) is 5.56 Å². The van der Waals surface area contributed by atoms with Crippen molar-refractivity contribution in [3.05, 3.63) is 216 Å². The van der Waals surface area contributed by atoms with Gasteiger partial charge in [0.25, 0.3) is 0 Å². The number of nitrogens with zero attached hydrogens (tertiary/aromatic N) is 4. The Morgan fingerprint density at radius 2 is 0.790 bits per heavy atom. The molecule has 0 saturated heterocycles. The molecule has 0 spiro atoms. The van der Waals surface area contributed by atoms with E-state index in [4.69, 9.17) is 0 Å². The third kappa shape index (κ3) is 9.70. The molecule has 0 atom stereocenters. The molecule has 0 N–H and O–H groups in total. The Labute approximate surface area is 390 Å². The van der Waals surface area contributed by atoms with Crippen molar-refractivity contribution in [1.82, 2.24) is 19.9 Å². The summed E-state index contributed by atoms with van der Waals surface area (Å²) in [5, 5.41) is 18.0. The Balaban J connectivity index is 0.000000113. The zero-order valence-electron chi connectivity index (χ0n) is 33.3. The van der Waals surface area contributed by atoms with E-state index < -0.39 is 0 Å². The predicted molar refractivity (Wildman–Crippen MR) is 263 cm³/mol. The topological polar surface area (TPSA) is 51.6 Å². The molecule has 0 unspecified atom stereocenters. The molecule has 4 aromatic carbocycles. The molecule has 0 aliphatic carbocycles. The van der Waals surface area contributed by atoms with E-state index in [9.17, 15) is 0 Å². The molecule has 0 bridgehead atoms. The second-order valence-electron chi connectivity index (χ2n) is 13.7. The molecule has 1 radical (unpaired) electrons. The minimum absolute atomic E-state index is 0. The fraction of sp³-hybridized carbons (Fsp3) is 0.0189. The normalized spacial score (nSPS) is 10.5. The molecule has 8 heterocycles. The predicted octanol–water partition coefficient (Wildman–Crippen LogP) is 15.8. The monoisotopic (exact) mass is 1050 g/mol. The molecule has 303 valence electrons. The van der Waals surface area contributed by atoms with Gasteiger partial charge in [-0.1, -0.05) is 113 Å². The van der Waals surface area contributed by atoms with E-state index in [1.807, 2.05) is 90.1 Å². The molecule has 0 aliphatic rings. The number of aryl methyl sites for hydroxylation is 1. The van der Waals surface area contributed by atoms with Crippen molar-refractivity contribution in [3.63, 3.8) is 0 Å². The van der Waals surface area contributed by atoms with Crippen molar-refractivity contribution in [1.29, 1.82) is 0 Å². The number of benzene rings is 4. The van der Waals surface area contributed by atoms with Gasteiger partial charge in [-0.15, -0.1) is 33.4 Å². The Morgan fingerprint density at radius 3 is 1.19 bits per heavy atom. The molecule has 12 aromatic rings. The minimum Gasteiger partial charge on any atom is -0.318 e. The first-order chi connectivity index (χ1) is 30.2. The Hall–Kier alpha value is -6.03. The third-order valence-electron chi connectivity index (χ3n) is 9.89. The summed E-state index contributed by atoms with van der Waals surface area (Å²) in [6.07, 6.45) is 7.46. The molecule has 0 saturated carbocycles. The summed E-state index contributed by atoms with van der Waals surface area (Å²) >= 11 is 6.83. The van der Waals surface area contributed by atoms with Gasteiger partial charge in [-0.25, -0.2) is 22.7 Å². The Kier molecular flexibility index (Phi) is 14.2. The molecular weight excluding hydrogens is 1010 g/mol. The standard InChI is InChI=1S/C14H11NS.C13H9NS.2C13H8NS.Ir/c1-10-7-9-16-14(10)13-12-5-3-2-4-11(12)6-8-15-13;3*1-2-5-11-10(4-1)7-8-14-13(11)12-6-3-9-15-12;/h2-9H,1H3;1-9H;2*1-5,7-9H;/q;;2*-1;. The number of fused-ring (bicyclic) bond motifs is 4. The van der Waals surface area contributed by atoms with Gasteiger partial charge >= 0.3 is 0 Å². The van der Waals surface area contributed by atoms with Crippen molar-refractivity contribution < 1.29 is 20.1 Å². The Bertz CT molecular complexity index is 3010. The van der Waals surface area contributed by atoms with Gasteiger partial charge in [0.15, 0.2) is 0 Å². The van der Waals surface area contributed by atoms with Gasteiger partial charge in [0.2, 0.25) is 0 Å². The molecule has 0 aliphatic heterocycles. The molecular formula is C53H36IrN4S4-2. The molecule has 8 aromatic heterocycles. The summed E-state index contributed by atoms with van der Waals surface area (Å²) in [5.74, 6) is 0. The number of pyridine rings is 4. The van der Waals surface area contributed by atoms with E-state index in [0.717, 1.165) is 32.5 Å². The molecule has 12 rings (SSSR count). The van der Waals surface area contributed by atoms with Crippen LogP contribution >= 0.6 is 45.3 Å². The van der Waals surface area contributed by atoms with E-state index >= 15 is 0 Å².